The minimum absolute atomic E-state index is 0.0378. The fourth-order valence-electron chi connectivity index (χ4n) is 2.59. The molecule has 0 heterocycles. The molecule has 0 bridgehead atoms. The van der Waals surface area contributed by atoms with Crippen molar-refractivity contribution in [2.24, 2.45) is 0 Å². The van der Waals surface area contributed by atoms with Gasteiger partial charge in [-0.3, -0.25) is 4.79 Å². The number of phenols is 1. The molecule has 1 aliphatic carbocycles. The third-order valence-electron chi connectivity index (χ3n) is 3.86. The van der Waals surface area contributed by atoms with Crippen LogP contribution in [0.1, 0.15) is 36.3 Å². The van der Waals surface area contributed by atoms with E-state index in [0.717, 1.165) is 24.0 Å². The maximum absolute atomic E-state index is 12.2. The van der Waals surface area contributed by atoms with Crippen LogP contribution < -0.4 is 5.32 Å². The van der Waals surface area contributed by atoms with Gasteiger partial charge in [0.25, 0.3) is 0 Å². The summed E-state index contributed by atoms with van der Waals surface area (Å²) < 4.78 is 0. The van der Waals surface area contributed by atoms with E-state index in [1.165, 1.54) is 0 Å². The minimum atomic E-state index is -0.121. The number of phenolic OH excluding ortho intramolecular Hbond substituents is 1. The van der Waals surface area contributed by atoms with Crippen molar-refractivity contribution in [3.8, 4) is 5.75 Å². The Kier molecular flexibility index (Phi) is 4.34. The molecule has 1 atom stereocenters. The van der Waals surface area contributed by atoms with Crippen LogP contribution in [0.15, 0.2) is 48.5 Å². The summed E-state index contributed by atoms with van der Waals surface area (Å²) >= 11 is 6.09. The summed E-state index contributed by atoms with van der Waals surface area (Å²) in [7, 11) is 0. The van der Waals surface area contributed by atoms with E-state index in [2.05, 4.69) is 5.32 Å². The number of carbonyl (C=O) groups excluding carboxylic acids is 1. The van der Waals surface area contributed by atoms with Gasteiger partial charge in [0.2, 0.25) is 5.91 Å². The number of rotatable bonds is 5. The molecule has 114 valence electrons. The molecule has 4 heteroatoms. The molecule has 1 fully saturated rings. The first-order valence-corrected chi connectivity index (χ1v) is 7.83. The second-order valence-corrected chi connectivity index (χ2v) is 6.18. The zero-order chi connectivity index (χ0) is 15.5. The fraction of sp³-hybridized carbons (Fsp3) is 0.278. The predicted octanol–water partition coefficient (Wildman–Crippen LogP) is 3.85. The van der Waals surface area contributed by atoms with Crippen molar-refractivity contribution in [3.63, 3.8) is 0 Å². The zero-order valence-electron chi connectivity index (χ0n) is 12.1. The highest BCUT2D eigenvalue weighted by atomic mass is 35.5. The molecular formula is C18H18ClNO2. The zero-order valence-corrected chi connectivity index (χ0v) is 12.9. The molecule has 0 aromatic heterocycles. The van der Waals surface area contributed by atoms with Crippen LogP contribution in [0.25, 0.3) is 0 Å². The van der Waals surface area contributed by atoms with Gasteiger partial charge in [-0.25, -0.2) is 0 Å². The Morgan fingerprint density at radius 3 is 2.50 bits per heavy atom. The maximum atomic E-state index is 12.2. The number of halogens is 1. The van der Waals surface area contributed by atoms with Crippen LogP contribution >= 0.6 is 11.6 Å². The summed E-state index contributed by atoms with van der Waals surface area (Å²) in [5.41, 5.74) is 1.89. The Labute approximate surface area is 134 Å². The smallest absolute Gasteiger partial charge is 0.221 e. The Balaban J connectivity index is 1.88. The van der Waals surface area contributed by atoms with Crippen molar-refractivity contribution >= 4 is 17.5 Å². The maximum Gasteiger partial charge on any atom is 0.221 e. The molecule has 0 aliphatic heterocycles. The van der Waals surface area contributed by atoms with Crippen LogP contribution in [0.3, 0.4) is 0 Å². The summed E-state index contributed by atoms with van der Waals surface area (Å²) in [6.07, 6.45) is 2.49. The molecule has 22 heavy (non-hydrogen) atoms. The number of carbonyl (C=O) groups is 1. The number of hydrogen-bond donors (Lipinski definition) is 2. The Bertz CT molecular complexity index is 637. The van der Waals surface area contributed by atoms with Gasteiger partial charge >= 0.3 is 0 Å². The SMILES string of the molecule is O=C(CC(c1cccc(O)c1)c1cccc(Cl)c1)NC1CC1. The molecule has 0 saturated heterocycles. The number of aromatic hydroxyl groups is 1. The van der Waals surface area contributed by atoms with E-state index in [4.69, 9.17) is 11.6 Å². The van der Waals surface area contributed by atoms with Crippen LogP contribution in [-0.4, -0.2) is 17.1 Å². The molecule has 1 saturated carbocycles. The quantitative estimate of drug-likeness (QED) is 0.880. The van der Waals surface area contributed by atoms with Crippen molar-refractivity contribution in [2.45, 2.75) is 31.2 Å². The van der Waals surface area contributed by atoms with Gasteiger partial charge in [0.05, 0.1) is 0 Å². The van der Waals surface area contributed by atoms with E-state index in [1.807, 2.05) is 30.3 Å². The van der Waals surface area contributed by atoms with Crippen LogP contribution in [0.4, 0.5) is 0 Å². The molecule has 0 spiro atoms. The van der Waals surface area contributed by atoms with Gasteiger partial charge in [0.1, 0.15) is 5.75 Å². The first kappa shape index (κ1) is 14.9. The van der Waals surface area contributed by atoms with Gasteiger partial charge in [-0.15, -0.1) is 0 Å². The van der Waals surface area contributed by atoms with Crippen LogP contribution in [-0.2, 0) is 4.79 Å². The molecule has 0 radical (unpaired) electrons. The van der Waals surface area contributed by atoms with Gasteiger partial charge in [-0.05, 0) is 48.2 Å². The molecule has 2 aromatic carbocycles. The average molecular weight is 316 g/mol. The predicted molar refractivity (Wildman–Crippen MR) is 87.2 cm³/mol. The third-order valence-corrected chi connectivity index (χ3v) is 4.09. The van der Waals surface area contributed by atoms with Crippen molar-refractivity contribution < 1.29 is 9.90 Å². The normalized spacial score (nSPS) is 15.3. The largest absolute Gasteiger partial charge is 0.508 e. The Morgan fingerprint density at radius 1 is 1.18 bits per heavy atom. The van der Waals surface area contributed by atoms with E-state index in [9.17, 15) is 9.90 Å². The molecule has 1 unspecified atom stereocenters. The van der Waals surface area contributed by atoms with E-state index >= 15 is 0 Å². The van der Waals surface area contributed by atoms with Gasteiger partial charge in [-0.2, -0.15) is 0 Å². The summed E-state index contributed by atoms with van der Waals surface area (Å²) in [5.74, 6) is 0.118. The highest BCUT2D eigenvalue weighted by Crippen LogP contribution is 2.31. The van der Waals surface area contributed by atoms with E-state index < -0.39 is 0 Å². The van der Waals surface area contributed by atoms with Crippen LogP contribution in [0, 0.1) is 0 Å². The summed E-state index contributed by atoms with van der Waals surface area (Å²) in [6.45, 7) is 0. The lowest BCUT2D eigenvalue weighted by molar-refractivity contribution is -0.121. The summed E-state index contributed by atoms with van der Waals surface area (Å²) in [6, 6.07) is 14.9. The van der Waals surface area contributed by atoms with Crippen LogP contribution in [0.2, 0.25) is 5.02 Å². The van der Waals surface area contributed by atoms with Crippen molar-refractivity contribution in [2.75, 3.05) is 0 Å². The topological polar surface area (TPSA) is 49.3 Å². The number of amides is 1. The Morgan fingerprint density at radius 2 is 1.86 bits per heavy atom. The molecule has 3 nitrogen and oxygen atoms in total. The van der Waals surface area contributed by atoms with Gasteiger partial charge < -0.3 is 10.4 Å². The average Bonchev–Trinajstić information content (AvgIpc) is 3.28. The van der Waals surface area contributed by atoms with E-state index in [-0.39, 0.29) is 17.6 Å². The number of nitrogens with one attached hydrogen (secondary N) is 1. The lowest BCUT2D eigenvalue weighted by atomic mass is 9.88. The monoisotopic (exact) mass is 315 g/mol. The highest BCUT2D eigenvalue weighted by Gasteiger charge is 2.25. The second-order valence-electron chi connectivity index (χ2n) is 5.75. The molecule has 2 aromatic rings. The van der Waals surface area contributed by atoms with Crippen molar-refractivity contribution in [1.82, 2.24) is 5.32 Å². The molecule has 3 rings (SSSR count). The van der Waals surface area contributed by atoms with Gasteiger partial charge in [0, 0.05) is 23.4 Å². The lowest BCUT2D eigenvalue weighted by Gasteiger charge is -2.18. The first-order valence-electron chi connectivity index (χ1n) is 7.45. The van der Waals surface area contributed by atoms with Crippen molar-refractivity contribution in [1.29, 1.82) is 0 Å². The summed E-state index contributed by atoms with van der Waals surface area (Å²) in [5, 5.41) is 13.4. The van der Waals surface area contributed by atoms with Gasteiger partial charge in [0.15, 0.2) is 0 Å². The highest BCUT2D eigenvalue weighted by molar-refractivity contribution is 6.30. The number of benzene rings is 2. The van der Waals surface area contributed by atoms with Crippen LogP contribution in [0.5, 0.6) is 5.75 Å². The summed E-state index contributed by atoms with van der Waals surface area (Å²) in [4.78, 5) is 12.2. The van der Waals surface area contributed by atoms with E-state index in [0.29, 0.717) is 17.5 Å². The standard InChI is InChI=1S/C18H18ClNO2/c19-14-5-1-3-12(9-14)17(11-18(22)20-15-7-8-15)13-4-2-6-16(21)10-13/h1-6,9-10,15,17,21H,7-8,11H2,(H,20,22). The molecule has 1 aliphatic rings. The van der Waals surface area contributed by atoms with Crippen molar-refractivity contribution in [3.05, 3.63) is 64.7 Å². The third kappa shape index (κ3) is 3.80. The second kappa shape index (κ2) is 6.41. The minimum Gasteiger partial charge on any atom is -0.508 e. The van der Waals surface area contributed by atoms with E-state index in [1.54, 1.807) is 18.2 Å². The molecule has 1 amide bonds. The first-order chi connectivity index (χ1) is 10.6. The Hall–Kier alpha value is -2.00. The molecule has 2 N–H and O–H groups in total. The fourth-order valence-corrected chi connectivity index (χ4v) is 2.79. The van der Waals surface area contributed by atoms with Gasteiger partial charge in [-0.1, -0.05) is 35.9 Å². The number of hydrogen-bond acceptors (Lipinski definition) is 2. The molecular weight excluding hydrogens is 298 g/mol. The lowest BCUT2D eigenvalue weighted by Crippen LogP contribution is -2.27.